The lowest BCUT2D eigenvalue weighted by atomic mass is 10.1. The number of halogens is 2. The molecule has 1 atom stereocenters. The molecular weight excluding hydrogens is 330 g/mol. The van der Waals surface area contributed by atoms with Crippen molar-refractivity contribution < 1.29 is 23.0 Å². The molecule has 3 rings (SSSR count). The van der Waals surface area contributed by atoms with Crippen LogP contribution >= 0.6 is 0 Å². The number of carbonyl (C=O) groups excluding carboxylic acids is 1. The monoisotopic (exact) mass is 348 g/mol. The Kier molecular flexibility index (Phi) is 5.55. The fourth-order valence-electron chi connectivity index (χ4n) is 2.60. The van der Waals surface area contributed by atoms with E-state index in [0.717, 1.165) is 5.56 Å². The van der Waals surface area contributed by atoms with Gasteiger partial charge in [-0.25, -0.2) is 8.78 Å². The number of carbonyl (C=O) groups is 1. The van der Waals surface area contributed by atoms with Crippen molar-refractivity contribution in [3.8, 4) is 5.75 Å². The van der Waals surface area contributed by atoms with E-state index in [4.69, 9.17) is 9.47 Å². The van der Waals surface area contributed by atoms with E-state index in [1.807, 2.05) is 6.07 Å². The first-order valence-electron chi connectivity index (χ1n) is 7.95. The van der Waals surface area contributed by atoms with Gasteiger partial charge >= 0.3 is 0 Å². The number of aromatic nitrogens is 1. The largest absolute Gasteiger partial charge is 0.488 e. The third-order valence-electron chi connectivity index (χ3n) is 3.90. The normalized spacial score (nSPS) is 17.6. The van der Waals surface area contributed by atoms with E-state index in [1.165, 1.54) is 4.90 Å². The maximum atomic E-state index is 12.9. The zero-order chi connectivity index (χ0) is 17.6. The van der Waals surface area contributed by atoms with Crippen LogP contribution in [0.3, 0.4) is 0 Å². The minimum atomic E-state index is -2.62. The average Bonchev–Trinajstić information content (AvgIpc) is 2.67. The summed E-state index contributed by atoms with van der Waals surface area (Å²) in [5.74, 6) is 0.0761. The molecule has 132 valence electrons. The number of morpholine rings is 1. The summed E-state index contributed by atoms with van der Waals surface area (Å²) >= 11 is 0. The summed E-state index contributed by atoms with van der Waals surface area (Å²) in [7, 11) is 0. The molecule has 25 heavy (non-hydrogen) atoms. The molecule has 0 saturated carbocycles. The molecule has 0 radical (unpaired) electrons. The predicted molar refractivity (Wildman–Crippen MR) is 86.7 cm³/mol. The molecule has 2 heterocycles. The van der Waals surface area contributed by atoms with Gasteiger partial charge in [0.05, 0.1) is 18.7 Å². The van der Waals surface area contributed by atoms with E-state index in [2.05, 4.69) is 4.98 Å². The molecule has 7 heteroatoms. The van der Waals surface area contributed by atoms with Crippen LogP contribution < -0.4 is 4.74 Å². The molecule has 5 nitrogen and oxygen atoms in total. The summed E-state index contributed by atoms with van der Waals surface area (Å²) in [6, 6.07) is 10.5. The highest BCUT2D eigenvalue weighted by Crippen LogP contribution is 2.23. The standard InChI is InChI=1S/C18H18F2N2O3/c19-17(20)16-11-22(8-9-24-16)18(23)14-5-1-2-6-15(14)25-12-13-4-3-7-21-10-13/h1-7,10,16-17H,8-9,11-12H2. The molecule has 1 aromatic heterocycles. The molecule has 1 aromatic carbocycles. The Morgan fingerprint density at radius 2 is 2.16 bits per heavy atom. The van der Waals surface area contributed by atoms with Gasteiger partial charge in [0, 0.05) is 24.5 Å². The Hall–Kier alpha value is -2.54. The van der Waals surface area contributed by atoms with Gasteiger partial charge in [-0.15, -0.1) is 0 Å². The summed E-state index contributed by atoms with van der Waals surface area (Å²) in [6.45, 7) is 0.507. The third-order valence-corrected chi connectivity index (χ3v) is 3.90. The summed E-state index contributed by atoms with van der Waals surface area (Å²) in [5, 5.41) is 0. The zero-order valence-corrected chi connectivity index (χ0v) is 13.5. The molecule has 1 amide bonds. The van der Waals surface area contributed by atoms with E-state index < -0.39 is 12.5 Å². The number of hydrogen-bond donors (Lipinski definition) is 0. The first kappa shape index (κ1) is 17.3. The van der Waals surface area contributed by atoms with Gasteiger partial charge in [0.25, 0.3) is 12.3 Å². The molecule has 0 aliphatic carbocycles. The van der Waals surface area contributed by atoms with Crippen molar-refractivity contribution in [2.45, 2.75) is 19.1 Å². The minimum absolute atomic E-state index is 0.0967. The fraction of sp³-hybridized carbons (Fsp3) is 0.333. The smallest absolute Gasteiger partial charge is 0.266 e. The number of rotatable bonds is 5. The maximum Gasteiger partial charge on any atom is 0.266 e. The maximum absolute atomic E-state index is 12.9. The van der Waals surface area contributed by atoms with E-state index in [1.54, 1.807) is 42.7 Å². The van der Waals surface area contributed by atoms with Crippen molar-refractivity contribution in [1.82, 2.24) is 9.88 Å². The molecule has 1 saturated heterocycles. The van der Waals surface area contributed by atoms with Gasteiger partial charge in [0.1, 0.15) is 18.5 Å². The third kappa shape index (κ3) is 4.30. The Morgan fingerprint density at radius 3 is 2.92 bits per heavy atom. The molecule has 0 bridgehead atoms. The van der Waals surface area contributed by atoms with Crippen LogP contribution in [0.15, 0.2) is 48.8 Å². The second kappa shape index (κ2) is 8.02. The number of benzene rings is 1. The number of pyridine rings is 1. The lowest BCUT2D eigenvalue weighted by molar-refractivity contribution is -0.0943. The van der Waals surface area contributed by atoms with E-state index in [0.29, 0.717) is 11.3 Å². The fourth-order valence-corrected chi connectivity index (χ4v) is 2.60. The number of ether oxygens (including phenoxy) is 2. The quantitative estimate of drug-likeness (QED) is 0.834. The number of para-hydroxylation sites is 1. The molecule has 0 N–H and O–H groups in total. The Labute approximate surface area is 144 Å². The molecule has 1 unspecified atom stereocenters. The summed E-state index contributed by atoms with van der Waals surface area (Å²) in [5.41, 5.74) is 1.22. The van der Waals surface area contributed by atoms with Crippen LogP contribution in [0.25, 0.3) is 0 Å². The molecular formula is C18H18F2N2O3. The number of nitrogens with zero attached hydrogens (tertiary/aromatic N) is 2. The minimum Gasteiger partial charge on any atom is -0.488 e. The van der Waals surface area contributed by atoms with Crippen LogP contribution in [-0.2, 0) is 11.3 Å². The van der Waals surface area contributed by atoms with Crippen molar-refractivity contribution >= 4 is 5.91 Å². The molecule has 1 aliphatic rings. The van der Waals surface area contributed by atoms with Crippen LogP contribution in [0.4, 0.5) is 8.78 Å². The Morgan fingerprint density at radius 1 is 1.32 bits per heavy atom. The van der Waals surface area contributed by atoms with Gasteiger partial charge in [-0.05, 0) is 18.2 Å². The lowest BCUT2D eigenvalue weighted by Crippen LogP contribution is -2.48. The van der Waals surface area contributed by atoms with Crippen LogP contribution in [0.1, 0.15) is 15.9 Å². The van der Waals surface area contributed by atoms with Crippen molar-refractivity contribution in [1.29, 1.82) is 0 Å². The second-order valence-electron chi connectivity index (χ2n) is 5.64. The summed E-state index contributed by atoms with van der Waals surface area (Å²) < 4.78 is 36.5. The van der Waals surface area contributed by atoms with Crippen LogP contribution in [0.5, 0.6) is 5.75 Å². The van der Waals surface area contributed by atoms with Gasteiger partial charge in [-0.3, -0.25) is 9.78 Å². The van der Waals surface area contributed by atoms with Crippen molar-refractivity contribution in [3.05, 3.63) is 59.9 Å². The van der Waals surface area contributed by atoms with Gasteiger partial charge in [-0.1, -0.05) is 18.2 Å². The summed E-state index contributed by atoms with van der Waals surface area (Å²) in [4.78, 5) is 18.1. The van der Waals surface area contributed by atoms with Crippen LogP contribution in [0, 0.1) is 0 Å². The number of amides is 1. The topological polar surface area (TPSA) is 51.7 Å². The van der Waals surface area contributed by atoms with Gasteiger partial charge in [0.2, 0.25) is 0 Å². The van der Waals surface area contributed by atoms with E-state index in [9.17, 15) is 13.6 Å². The zero-order valence-electron chi connectivity index (χ0n) is 13.5. The van der Waals surface area contributed by atoms with Crippen LogP contribution in [-0.4, -0.2) is 48.0 Å². The summed E-state index contributed by atoms with van der Waals surface area (Å²) in [6.07, 6.45) is -0.521. The number of hydrogen-bond acceptors (Lipinski definition) is 4. The van der Waals surface area contributed by atoms with Crippen LogP contribution in [0.2, 0.25) is 0 Å². The highest BCUT2D eigenvalue weighted by Gasteiger charge is 2.31. The highest BCUT2D eigenvalue weighted by atomic mass is 19.3. The van der Waals surface area contributed by atoms with Gasteiger partial charge in [0.15, 0.2) is 0 Å². The molecule has 0 spiro atoms. The average molecular weight is 348 g/mol. The van der Waals surface area contributed by atoms with Gasteiger partial charge in [-0.2, -0.15) is 0 Å². The molecule has 1 aliphatic heterocycles. The first-order valence-corrected chi connectivity index (χ1v) is 7.95. The predicted octanol–water partition coefficient (Wildman–Crippen LogP) is 2.77. The van der Waals surface area contributed by atoms with Crippen molar-refractivity contribution in [2.24, 2.45) is 0 Å². The number of alkyl halides is 2. The SMILES string of the molecule is O=C(c1ccccc1OCc1cccnc1)N1CCOC(C(F)F)C1. The lowest BCUT2D eigenvalue weighted by Gasteiger charge is -2.32. The Balaban J connectivity index is 1.72. The van der Waals surface area contributed by atoms with Crippen molar-refractivity contribution in [3.63, 3.8) is 0 Å². The Bertz CT molecular complexity index is 712. The molecule has 1 fully saturated rings. The second-order valence-corrected chi connectivity index (χ2v) is 5.64. The van der Waals surface area contributed by atoms with E-state index >= 15 is 0 Å². The highest BCUT2D eigenvalue weighted by molar-refractivity contribution is 5.97. The van der Waals surface area contributed by atoms with Crippen molar-refractivity contribution in [2.75, 3.05) is 19.7 Å². The van der Waals surface area contributed by atoms with Gasteiger partial charge < -0.3 is 14.4 Å². The first-order chi connectivity index (χ1) is 12.1. The van der Waals surface area contributed by atoms with E-state index in [-0.39, 0.29) is 32.2 Å². The molecule has 2 aromatic rings.